The summed E-state index contributed by atoms with van der Waals surface area (Å²) in [6.45, 7) is -0.0318. The molecule has 2 rings (SSSR count). The van der Waals surface area contributed by atoms with Crippen LogP contribution in [-0.2, 0) is 6.54 Å². The standard InChI is InChI=1S/C15H19F3N2O3/c1-23-12-4-2-3-11(9-12)10-19-13(21)20-7-5-14(22,6-8-20)15(16,17)18/h2-4,9,22H,5-8,10H2,1H3,(H,19,21). The normalized spacial score (nSPS) is 17.7. The average molecular weight is 332 g/mol. The van der Waals surface area contributed by atoms with Gasteiger partial charge < -0.3 is 20.1 Å². The van der Waals surface area contributed by atoms with Crippen molar-refractivity contribution in [1.82, 2.24) is 10.2 Å². The number of methoxy groups -OCH3 is 1. The Hall–Kier alpha value is -1.96. The lowest BCUT2D eigenvalue weighted by Crippen LogP contribution is -2.55. The van der Waals surface area contributed by atoms with E-state index in [4.69, 9.17) is 4.74 Å². The van der Waals surface area contributed by atoms with Gasteiger partial charge in [0.05, 0.1) is 7.11 Å². The Bertz CT molecular complexity index is 555. The highest BCUT2D eigenvalue weighted by Gasteiger charge is 2.54. The number of benzene rings is 1. The molecule has 0 saturated carbocycles. The van der Waals surface area contributed by atoms with Crippen LogP contribution in [0.15, 0.2) is 24.3 Å². The summed E-state index contributed by atoms with van der Waals surface area (Å²) in [5.41, 5.74) is -1.88. The van der Waals surface area contributed by atoms with Crippen molar-refractivity contribution in [3.05, 3.63) is 29.8 Å². The first-order valence-electron chi connectivity index (χ1n) is 7.20. The maximum atomic E-state index is 12.7. The second kappa shape index (κ2) is 6.66. The Morgan fingerprint density at radius 2 is 2.04 bits per heavy atom. The fraction of sp³-hybridized carbons (Fsp3) is 0.533. The SMILES string of the molecule is COc1cccc(CNC(=O)N2CCC(O)(C(F)(F)F)CC2)c1. The van der Waals surface area contributed by atoms with Crippen LogP contribution in [0.25, 0.3) is 0 Å². The number of halogens is 3. The average Bonchev–Trinajstić information content (AvgIpc) is 2.52. The second-order valence-electron chi connectivity index (χ2n) is 5.53. The van der Waals surface area contributed by atoms with E-state index in [1.807, 2.05) is 0 Å². The number of rotatable bonds is 3. The van der Waals surface area contributed by atoms with Crippen molar-refractivity contribution >= 4 is 6.03 Å². The van der Waals surface area contributed by atoms with Gasteiger partial charge in [0.25, 0.3) is 0 Å². The van der Waals surface area contributed by atoms with Gasteiger partial charge in [0.15, 0.2) is 5.60 Å². The molecule has 23 heavy (non-hydrogen) atoms. The van der Waals surface area contributed by atoms with Gasteiger partial charge in [0.2, 0.25) is 0 Å². The number of hydrogen-bond donors (Lipinski definition) is 2. The quantitative estimate of drug-likeness (QED) is 0.893. The first-order chi connectivity index (χ1) is 10.7. The van der Waals surface area contributed by atoms with E-state index in [0.717, 1.165) is 5.56 Å². The molecule has 0 radical (unpaired) electrons. The molecule has 5 nitrogen and oxygen atoms in total. The summed E-state index contributed by atoms with van der Waals surface area (Å²) < 4.78 is 43.2. The lowest BCUT2D eigenvalue weighted by atomic mass is 9.91. The van der Waals surface area contributed by atoms with E-state index in [2.05, 4.69) is 5.32 Å². The minimum atomic E-state index is -4.67. The van der Waals surface area contributed by atoms with E-state index in [0.29, 0.717) is 5.75 Å². The number of carbonyl (C=O) groups excluding carboxylic acids is 1. The Morgan fingerprint density at radius 3 is 2.61 bits per heavy atom. The third-order valence-corrected chi connectivity index (χ3v) is 3.98. The number of alkyl halides is 3. The van der Waals surface area contributed by atoms with Crippen molar-refractivity contribution in [3.8, 4) is 5.75 Å². The highest BCUT2D eigenvalue weighted by atomic mass is 19.4. The Labute approximate surface area is 132 Å². The summed E-state index contributed by atoms with van der Waals surface area (Å²) in [6.07, 6.45) is -5.69. The number of urea groups is 1. The van der Waals surface area contributed by atoms with Crippen LogP contribution in [0.1, 0.15) is 18.4 Å². The zero-order valence-corrected chi connectivity index (χ0v) is 12.7. The molecule has 2 amide bonds. The molecule has 1 aliphatic heterocycles. The van der Waals surface area contributed by atoms with Gasteiger partial charge in [-0.05, 0) is 17.7 Å². The molecule has 0 unspecified atom stereocenters. The van der Waals surface area contributed by atoms with Gasteiger partial charge in [-0.3, -0.25) is 0 Å². The van der Waals surface area contributed by atoms with Crippen molar-refractivity contribution in [2.24, 2.45) is 0 Å². The molecule has 0 spiro atoms. The Balaban J connectivity index is 1.86. The predicted molar refractivity (Wildman–Crippen MR) is 77.0 cm³/mol. The third-order valence-electron chi connectivity index (χ3n) is 3.98. The number of piperidine rings is 1. The molecule has 1 aliphatic rings. The summed E-state index contributed by atoms with van der Waals surface area (Å²) in [5, 5.41) is 12.2. The van der Waals surface area contributed by atoms with Crippen LogP contribution in [-0.4, -0.2) is 48.0 Å². The van der Waals surface area contributed by atoms with Crippen LogP contribution in [0.2, 0.25) is 0 Å². The molecule has 1 heterocycles. The van der Waals surface area contributed by atoms with Crippen molar-refractivity contribution in [2.45, 2.75) is 31.2 Å². The van der Waals surface area contributed by atoms with Crippen LogP contribution < -0.4 is 10.1 Å². The van der Waals surface area contributed by atoms with E-state index >= 15 is 0 Å². The summed E-state index contributed by atoms with van der Waals surface area (Å²) in [7, 11) is 1.53. The van der Waals surface area contributed by atoms with Crippen LogP contribution in [0.4, 0.5) is 18.0 Å². The van der Waals surface area contributed by atoms with Gasteiger partial charge in [-0.1, -0.05) is 12.1 Å². The lowest BCUT2D eigenvalue weighted by molar-refractivity contribution is -0.271. The fourth-order valence-electron chi connectivity index (χ4n) is 2.44. The molecule has 0 aromatic heterocycles. The molecule has 0 atom stereocenters. The minimum absolute atomic E-state index is 0.139. The Kier molecular flexibility index (Phi) is 5.03. The largest absolute Gasteiger partial charge is 0.497 e. The number of hydrogen-bond acceptors (Lipinski definition) is 3. The van der Waals surface area contributed by atoms with E-state index in [1.165, 1.54) is 12.0 Å². The number of aliphatic hydroxyl groups is 1. The van der Waals surface area contributed by atoms with E-state index < -0.39 is 30.7 Å². The van der Waals surface area contributed by atoms with Crippen LogP contribution >= 0.6 is 0 Å². The van der Waals surface area contributed by atoms with E-state index in [1.54, 1.807) is 24.3 Å². The van der Waals surface area contributed by atoms with Crippen molar-refractivity contribution in [2.75, 3.05) is 20.2 Å². The van der Waals surface area contributed by atoms with Gasteiger partial charge in [-0.2, -0.15) is 13.2 Å². The highest BCUT2D eigenvalue weighted by Crippen LogP contribution is 2.38. The number of carbonyl (C=O) groups is 1. The smallest absolute Gasteiger partial charge is 0.417 e. The van der Waals surface area contributed by atoms with Gasteiger partial charge in [-0.15, -0.1) is 0 Å². The third kappa shape index (κ3) is 4.07. The van der Waals surface area contributed by atoms with Gasteiger partial charge in [0.1, 0.15) is 5.75 Å². The molecule has 128 valence electrons. The lowest BCUT2D eigenvalue weighted by Gasteiger charge is -2.39. The fourth-order valence-corrected chi connectivity index (χ4v) is 2.44. The molecular weight excluding hydrogens is 313 g/mol. The molecule has 2 N–H and O–H groups in total. The number of nitrogens with one attached hydrogen (secondary N) is 1. The monoisotopic (exact) mass is 332 g/mol. The van der Waals surface area contributed by atoms with E-state index in [9.17, 15) is 23.1 Å². The summed E-state index contributed by atoms with van der Waals surface area (Å²) >= 11 is 0. The number of ether oxygens (including phenoxy) is 1. The molecule has 1 fully saturated rings. The number of likely N-dealkylation sites (tertiary alicyclic amines) is 1. The van der Waals surface area contributed by atoms with Gasteiger partial charge in [0, 0.05) is 32.5 Å². The van der Waals surface area contributed by atoms with Crippen molar-refractivity contribution in [3.63, 3.8) is 0 Å². The molecular formula is C15H19F3N2O3. The molecule has 1 aromatic rings. The molecule has 1 saturated heterocycles. The first kappa shape index (κ1) is 17.4. The first-order valence-corrected chi connectivity index (χ1v) is 7.20. The summed E-state index contributed by atoms with van der Waals surface area (Å²) in [4.78, 5) is 13.3. The zero-order chi connectivity index (χ0) is 17.1. The van der Waals surface area contributed by atoms with Gasteiger partial charge >= 0.3 is 12.2 Å². The van der Waals surface area contributed by atoms with Crippen molar-refractivity contribution < 1.29 is 27.8 Å². The zero-order valence-electron chi connectivity index (χ0n) is 12.7. The van der Waals surface area contributed by atoms with Gasteiger partial charge in [-0.25, -0.2) is 4.79 Å². The molecule has 1 aromatic carbocycles. The topological polar surface area (TPSA) is 61.8 Å². The summed E-state index contributed by atoms with van der Waals surface area (Å²) in [6, 6.07) is 6.68. The van der Waals surface area contributed by atoms with Crippen LogP contribution in [0.5, 0.6) is 5.75 Å². The Morgan fingerprint density at radius 1 is 1.39 bits per heavy atom. The maximum Gasteiger partial charge on any atom is 0.417 e. The van der Waals surface area contributed by atoms with Crippen LogP contribution in [0.3, 0.4) is 0 Å². The highest BCUT2D eigenvalue weighted by molar-refractivity contribution is 5.74. The van der Waals surface area contributed by atoms with E-state index in [-0.39, 0.29) is 19.6 Å². The molecule has 8 heteroatoms. The summed E-state index contributed by atoms with van der Waals surface area (Å²) in [5.74, 6) is 0.657. The number of nitrogens with zero attached hydrogens (tertiary/aromatic N) is 1. The molecule has 0 aliphatic carbocycles. The van der Waals surface area contributed by atoms with Crippen molar-refractivity contribution in [1.29, 1.82) is 0 Å². The maximum absolute atomic E-state index is 12.7. The second-order valence-corrected chi connectivity index (χ2v) is 5.53. The number of amides is 2. The molecule has 0 bridgehead atoms. The minimum Gasteiger partial charge on any atom is -0.497 e. The van der Waals surface area contributed by atoms with Crippen LogP contribution in [0, 0.1) is 0 Å². The predicted octanol–water partition coefficient (Wildman–Crippen LogP) is 2.29.